The summed E-state index contributed by atoms with van der Waals surface area (Å²) < 4.78 is 0. The first-order valence-electron chi connectivity index (χ1n) is 6.32. The minimum atomic E-state index is -0.330. The first-order valence-corrected chi connectivity index (χ1v) is 6.32. The zero-order chi connectivity index (χ0) is 13.1. The number of piperidine rings is 1. The Morgan fingerprint density at radius 3 is 2.89 bits per heavy atom. The number of aryl methyl sites for hydroxylation is 1. The fourth-order valence-corrected chi connectivity index (χ4v) is 2.24. The molecular formula is C13H19N3O2. The van der Waals surface area contributed by atoms with Gasteiger partial charge in [-0.2, -0.15) is 0 Å². The molecular weight excluding hydrogens is 230 g/mol. The third kappa shape index (κ3) is 2.79. The molecule has 1 amide bonds. The molecule has 2 unspecified atom stereocenters. The minimum Gasteiger partial charge on any atom is -0.348 e. The fourth-order valence-electron chi connectivity index (χ4n) is 2.24. The van der Waals surface area contributed by atoms with Crippen LogP contribution in [-0.2, 0) is 0 Å². The van der Waals surface area contributed by atoms with Gasteiger partial charge in [-0.3, -0.25) is 9.59 Å². The molecule has 1 fully saturated rings. The van der Waals surface area contributed by atoms with Crippen molar-refractivity contribution >= 4 is 5.91 Å². The minimum absolute atomic E-state index is 0.0898. The van der Waals surface area contributed by atoms with Crippen LogP contribution in [0.25, 0.3) is 0 Å². The van der Waals surface area contributed by atoms with Crippen molar-refractivity contribution in [2.75, 3.05) is 6.54 Å². The van der Waals surface area contributed by atoms with Gasteiger partial charge in [0.1, 0.15) is 5.56 Å². The Morgan fingerprint density at radius 1 is 1.44 bits per heavy atom. The molecule has 1 aromatic rings. The third-order valence-electron chi connectivity index (χ3n) is 3.38. The molecule has 3 N–H and O–H groups in total. The van der Waals surface area contributed by atoms with Crippen molar-refractivity contribution in [3.05, 3.63) is 33.7 Å². The van der Waals surface area contributed by atoms with Crippen molar-refractivity contribution in [2.24, 2.45) is 0 Å². The molecule has 2 heterocycles. The molecule has 0 bridgehead atoms. The molecule has 5 heteroatoms. The summed E-state index contributed by atoms with van der Waals surface area (Å²) in [6.07, 6.45) is 1.99. The molecule has 18 heavy (non-hydrogen) atoms. The van der Waals surface area contributed by atoms with Crippen LogP contribution in [-0.4, -0.2) is 29.5 Å². The number of carbonyl (C=O) groups excluding carboxylic acids is 1. The average molecular weight is 249 g/mol. The third-order valence-corrected chi connectivity index (χ3v) is 3.38. The summed E-state index contributed by atoms with van der Waals surface area (Å²) in [5, 5.41) is 6.24. The van der Waals surface area contributed by atoms with E-state index in [0.29, 0.717) is 0 Å². The number of carbonyl (C=O) groups is 1. The molecule has 0 aliphatic carbocycles. The Bertz CT molecular complexity index is 495. The van der Waals surface area contributed by atoms with E-state index in [2.05, 4.69) is 15.6 Å². The maximum atomic E-state index is 12.0. The van der Waals surface area contributed by atoms with Crippen molar-refractivity contribution in [3.63, 3.8) is 0 Å². The van der Waals surface area contributed by atoms with Gasteiger partial charge < -0.3 is 15.6 Å². The van der Waals surface area contributed by atoms with E-state index >= 15 is 0 Å². The lowest BCUT2D eigenvalue weighted by atomic mass is 9.99. The summed E-state index contributed by atoms with van der Waals surface area (Å²) in [6, 6.07) is 3.64. The number of pyridine rings is 1. The highest BCUT2D eigenvalue weighted by molar-refractivity contribution is 5.94. The number of hydrogen-bond acceptors (Lipinski definition) is 3. The van der Waals surface area contributed by atoms with Gasteiger partial charge in [-0.1, -0.05) is 0 Å². The summed E-state index contributed by atoms with van der Waals surface area (Å²) in [5.74, 6) is -0.295. The molecule has 0 spiro atoms. The van der Waals surface area contributed by atoms with Gasteiger partial charge in [-0.15, -0.1) is 0 Å². The Hall–Kier alpha value is -1.62. The maximum Gasteiger partial charge on any atom is 0.260 e. The summed E-state index contributed by atoms with van der Waals surface area (Å²) in [4.78, 5) is 26.3. The molecule has 5 nitrogen and oxygen atoms in total. The summed E-state index contributed by atoms with van der Waals surface area (Å²) in [7, 11) is 0. The second kappa shape index (κ2) is 5.35. The van der Waals surface area contributed by atoms with Gasteiger partial charge in [0.15, 0.2) is 0 Å². The average Bonchev–Trinajstić information content (AvgIpc) is 2.32. The summed E-state index contributed by atoms with van der Waals surface area (Å²) in [5.41, 5.74) is 0.603. The number of aromatic nitrogens is 1. The normalized spacial score (nSPS) is 23.7. The largest absolute Gasteiger partial charge is 0.348 e. The smallest absolute Gasteiger partial charge is 0.260 e. The van der Waals surface area contributed by atoms with Crippen LogP contribution in [0.2, 0.25) is 0 Å². The van der Waals surface area contributed by atoms with Crippen LogP contribution in [0.4, 0.5) is 0 Å². The molecule has 0 saturated carbocycles. The Kier molecular flexibility index (Phi) is 3.81. The van der Waals surface area contributed by atoms with E-state index in [1.807, 2.05) is 6.92 Å². The predicted octanol–water partition coefficient (Wildman–Crippen LogP) is 0.554. The second-order valence-corrected chi connectivity index (χ2v) is 4.85. The molecule has 2 rings (SSSR count). The first kappa shape index (κ1) is 12.8. The zero-order valence-electron chi connectivity index (χ0n) is 10.7. The molecule has 2 atom stereocenters. The fraction of sp³-hybridized carbons (Fsp3) is 0.538. The van der Waals surface area contributed by atoms with Crippen LogP contribution in [0.5, 0.6) is 0 Å². The number of nitrogens with one attached hydrogen (secondary N) is 3. The van der Waals surface area contributed by atoms with Crippen LogP contribution in [0.3, 0.4) is 0 Å². The molecule has 0 radical (unpaired) electrons. The van der Waals surface area contributed by atoms with E-state index in [-0.39, 0.29) is 29.1 Å². The van der Waals surface area contributed by atoms with Crippen molar-refractivity contribution < 1.29 is 4.79 Å². The number of H-pyrrole nitrogens is 1. The highest BCUT2D eigenvalue weighted by Gasteiger charge is 2.23. The van der Waals surface area contributed by atoms with E-state index in [9.17, 15) is 9.59 Å². The number of hydrogen-bond donors (Lipinski definition) is 3. The van der Waals surface area contributed by atoms with E-state index in [4.69, 9.17) is 0 Å². The van der Waals surface area contributed by atoms with E-state index in [0.717, 1.165) is 25.1 Å². The highest BCUT2D eigenvalue weighted by Crippen LogP contribution is 2.08. The van der Waals surface area contributed by atoms with Crippen molar-refractivity contribution in [2.45, 2.75) is 38.8 Å². The lowest BCUT2D eigenvalue weighted by Gasteiger charge is -2.30. The van der Waals surface area contributed by atoms with E-state index in [1.54, 1.807) is 19.1 Å². The van der Waals surface area contributed by atoms with Crippen LogP contribution in [0.1, 0.15) is 35.8 Å². The maximum absolute atomic E-state index is 12.0. The van der Waals surface area contributed by atoms with E-state index < -0.39 is 0 Å². The van der Waals surface area contributed by atoms with Crippen molar-refractivity contribution in [1.29, 1.82) is 0 Å². The number of amides is 1. The molecule has 1 aliphatic rings. The van der Waals surface area contributed by atoms with Gasteiger partial charge in [0.25, 0.3) is 11.5 Å². The quantitative estimate of drug-likeness (QED) is 0.716. The molecule has 1 aromatic heterocycles. The van der Waals surface area contributed by atoms with Crippen LogP contribution in [0, 0.1) is 6.92 Å². The van der Waals surface area contributed by atoms with E-state index in [1.165, 1.54) is 0 Å². The lowest BCUT2D eigenvalue weighted by Crippen LogP contribution is -2.52. The number of aromatic amines is 1. The standard InChI is InChI=1S/C13H19N3O2/c1-8-5-6-10(12(17)15-8)13(18)16-11-4-3-7-14-9(11)2/h5-6,9,11,14H,3-4,7H2,1-2H3,(H,15,17)(H,16,18). The topological polar surface area (TPSA) is 74.0 Å². The van der Waals surface area contributed by atoms with Gasteiger partial charge in [-0.05, 0) is 45.4 Å². The van der Waals surface area contributed by atoms with Gasteiger partial charge in [0, 0.05) is 17.8 Å². The Labute approximate surface area is 106 Å². The SMILES string of the molecule is Cc1ccc(C(=O)NC2CCCNC2C)c(=O)[nH]1. The molecule has 0 aromatic carbocycles. The highest BCUT2D eigenvalue weighted by atomic mass is 16.2. The Morgan fingerprint density at radius 2 is 2.22 bits per heavy atom. The summed E-state index contributed by atoms with van der Waals surface area (Å²) >= 11 is 0. The summed E-state index contributed by atoms with van der Waals surface area (Å²) in [6.45, 7) is 4.82. The van der Waals surface area contributed by atoms with Gasteiger partial charge in [-0.25, -0.2) is 0 Å². The molecule has 1 aliphatic heterocycles. The van der Waals surface area contributed by atoms with Gasteiger partial charge in [0.2, 0.25) is 0 Å². The van der Waals surface area contributed by atoms with Crippen LogP contribution in [0.15, 0.2) is 16.9 Å². The first-order chi connectivity index (χ1) is 8.58. The molecule has 98 valence electrons. The second-order valence-electron chi connectivity index (χ2n) is 4.85. The zero-order valence-corrected chi connectivity index (χ0v) is 10.7. The lowest BCUT2D eigenvalue weighted by molar-refractivity contribution is 0.0918. The van der Waals surface area contributed by atoms with Crippen molar-refractivity contribution in [3.8, 4) is 0 Å². The monoisotopic (exact) mass is 249 g/mol. The Balaban J connectivity index is 2.09. The molecule has 1 saturated heterocycles. The van der Waals surface area contributed by atoms with Crippen molar-refractivity contribution in [1.82, 2.24) is 15.6 Å². The number of rotatable bonds is 2. The van der Waals surface area contributed by atoms with Gasteiger partial charge in [0.05, 0.1) is 0 Å². The van der Waals surface area contributed by atoms with Crippen LogP contribution >= 0.6 is 0 Å². The van der Waals surface area contributed by atoms with Crippen LogP contribution < -0.4 is 16.2 Å². The predicted molar refractivity (Wildman–Crippen MR) is 69.8 cm³/mol. The van der Waals surface area contributed by atoms with Gasteiger partial charge >= 0.3 is 0 Å².